The fraction of sp³-hybridized carbons (Fsp3) is 0.133. The molecule has 0 atom stereocenters. The molecule has 0 aliphatic carbocycles. The van der Waals surface area contributed by atoms with Crippen molar-refractivity contribution < 1.29 is 0 Å². The molecule has 0 unspecified atom stereocenters. The van der Waals surface area contributed by atoms with Crippen LogP contribution in [0.5, 0.6) is 0 Å². The van der Waals surface area contributed by atoms with Crippen molar-refractivity contribution in [2.45, 2.75) is 13.5 Å². The predicted molar refractivity (Wildman–Crippen MR) is 72.5 cm³/mol. The summed E-state index contributed by atoms with van der Waals surface area (Å²) in [5.74, 6) is 0.939. The van der Waals surface area contributed by atoms with E-state index in [0.717, 1.165) is 22.4 Å². The van der Waals surface area contributed by atoms with Crippen LogP contribution < -0.4 is 0 Å². The summed E-state index contributed by atoms with van der Waals surface area (Å²) in [6.07, 6.45) is 1.64. The summed E-state index contributed by atoms with van der Waals surface area (Å²) in [7, 11) is 0. The van der Waals surface area contributed by atoms with Gasteiger partial charge >= 0.3 is 0 Å². The lowest BCUT2D eigenvalue weighted by Crippen LogP contribution is -2.04. The van der Waals surface area contributed by atoms with Crippen LogP contribution >= 0.6 is 0 Å². The van der Waals surface area contributed by atoms with Crippen LogP contribution in [0.25, 0.3) is 11.0 Å². The lowest BCUT2D eigenvalue weighted by atomic mass is 10.2. The summed E-state index contributed by atoms with van der Waals surface area (Å²) in [4.78, 5) is 8.62. The monoisotopic (exact) mass is 248 g/mol. The van der Waals surface area contributed by atoms with Gasteiger partial charge in [-0.3, -0.25) is 0 Å². The number of para-hydroxylation sites is 2. The Morgan fingerprint density at radius 1 is 1.21 bits per heavy atom. The van der Waals surface area contributed by atoms with Crippen LogP contribution in [-0.2, 0) is 6.54 Å². The first-order valence-corrected chi connectivity index (χ1v) is 6.05. The van der Waals surface area contributed by atoms with Crippen molar-refractivity contribution in [3.63, 3.8) is 0 Å². The molecular weight excluding hydrogens is 236 g/mol. The van der Waals surface area contributed by atoms with Crippen LogP contribution in [0.15, 0.2) is 42.6 Å². The van der Waals surface area contributed by atoms with E-state index in [1.165, 1.54) is 0 Å². The number of benzene rings is 1. The third-order valence-electron chi connectivity index (χ3n) is 3.17. The van der Waals surface area contributed by atoms with Crippen molar-refractivity contribution in [2.24, 2.45) is 0 Å². The predicted octanol–water partition coefficient (Wildman–Crippen LogP) is 2.66. The number of fused-ring (bicyclic) bond motifs is 1. The van der Waals surface area contributed by atoms with Crippen molar-refractivity contribution in [1.82, 2.24) is 14.5 Å². The first kappa shape index (κ1) is 11.4. The van der Waals surface area contributed by atoms with Crippen LogP contribution in [0, 0.1) is 18.3 Å². The van der Waals surface area contributed by atoms with Crippen molar-refractivity contribution in [3.05, 3.63) is 59.7 Å². The fourth-order valence-corrected chi connectivity index (χ4v) is 2.23. The molecule has 19 heavy (non-hydrogen) atoms. The van der Waals surface area contributed by atoms with E-state index in [1.807, 2.05) is 43.3 Å². The maximum absolute atomic E-state index is 9.09. The molecule has 2 aromatic heterocycles. The maximum Gasteiger partial charge on any atom is 0.145 e. The second-order valence-electron chi connectivity index (χ2n) is 4.36. The van der Waals surface area contributed by atoms with Crippen molar-refractivity contribution in [1.29, 1.82) is 5.26 Å². The molecule has 0 aliphatic rings. The van der Waals surface area contributed by atoms with Crippen LogP contribution in [0.4, 0.5) is 0 Å². The molecule has 0 aliphatic heterocycles. The maximum atomic E-state index is 9.09. The van der Waals surface area contributed by atoms with E-state index < -0.39 is 0 Å². The standard InChI is InChI=1S/C15H12N4/c1-11-18-13-6-2-3-7-15(13)19(11)10-12-5-4-8-17-14(12)9-16/h2-8H,10H2,1H3. The molecule has 0 fully saturated rings. The third-order valence-corrected chi connectivity index (χ3v) is 3.17. The topological polar surface area (TPSA) is 54.5 Å². The van der Waals surface area contributed by atoms with Gasteiger partial charge in [-0.15, -0.1) is 0 Å². The van der Waals surface area contributed by atoms with E-state index in [0.29, 0.717) is 12.2 Å². The number of aryl methyl sites for hydroxylation is 1. The molecule has 4 heteroatoms. The van der Waals surface area contributed by atoms with Crippen molar-refractivity contribution in [3.8, 4) is 6.07 Å². The molecule has 2 heterocycles. The van der Waals surface area contributed by atoms with Crippen LogP contribution in [0.1, 0.15) is 17.1 Å². The Morgan fingerprint density at radius 2 is 2.05 bits per heavy atom. The highest BCUT2D eigenvalue weighted by Gasteiger charge is 2.09. The number of pyridine rings is 1. The summed E-state index contributed by atoms with van der Waals surface area (Å²) < 4.78 is 2.10. The molecule has 0 N–H and O–H groups in total. The minimum absolute atomic E-state index is 0.472. The van der Waals surface area contributed by atoms with Crippen molar-refractivity contribution >= 4 is 11.0 Å². The molecule has 0 saturated heterocycles. The minimum atomic E-state index is 0.472. The second-order valence-corrected chi connectivity index (χ2v) is 4.36. The molecule has 3 rings (SSSR count). The SMILES string of the molecule is Cc1nc2ccccc2n1Cc1cccnc1C#N. The highest BCUT2D eigenvalue weighted by molar-refractivity contribution is 5.76. The molecule has 0 saturated carbocycles. The minimum Gasteiger partial charge on any atom is -0.324 e. The zero-order valence-electron chi connectivity index (χ0n) is 10.5. The van der Waals surface area contributed by atoms with Gasteiger partial charge in [-0.1, -0.05) is 18.2 Å². The highest BCUT2D eigenvalue weighted by atomic mass is 15.1. The Morgan fingerprint density at radius 3 is 2.89 bits per heavy atom. The lowest BCUT2D eigenvalue weighted by molar-refractivity contribution is 0.780. The van der Waals surface area contributed by atoms with Crippen molar-refractivity contribution in [2.75, 3.05) is 0 Å². The third kappa shape index (κ3) is 1.95. The van der Waals surface area contributed by atoms with Gasteiger partial charge in [0.2, 0.25) is 0 Å². The number of nitriles is 1. The van der Waals surface area contributed by atoms with Gasteiger partial charge in [-0.05, 0) is 25.1 Å². The summed E-state index contributed by atoms with van der Waals surface area (Å²) in [5.41, 5.74) is 3.44. The Bertz CT molecular complexity index is 780. The number of imidazole rings is 1. The summed E-state index contributed by atoms with van der Waals surface area (Å²) >= 11 is 0. The first-order chi connectivity index (χ1) is 9.29. The Hall–Kier alpha value is -2.67. The Kier molecular flexibility index (Phi) is 2.73. The van der Waals surface area contributed by atoms with Gasteiger partial charge in [0, 0.05) is 11.8 Å². The first-order valence-electron chi connectivity index (χ1n) is 6.05. The van der Waals surface area contributed by atoms with E-state index in [1.54, 1.807) is 6.20 Å². The van der Waals surface area contributed by atoms with Crippen LogP contribution in [-0.4, -0.2) is 14.5 Å². The number of hydrogen-bond donors (Lipinski definition) is 0. The zero-order valence-corrected chi connectivity index (χ0v) is 10.5. The Balaban J connectivity index is 2.11. The molecule has 0 amide bonds. The normalized spacial score (nSPS) is 10.5. The van der Waals surface area contributed by atoms with Gasteiger partial charge in [0.05, 0.1) is 17.6 Å². The lowest BCUT2D eigenvalue weighted by Gasteiger charge is -2.07. The average Bonchev–Trinajstić information content (AvgIpc) is 2.76. The van der Waals surface area contributed by atoms with E-state index in [2.05, 4.69) is 20.6 Å². The van der Waals surface area contributed by atoms with Gasteiger partial charge in [0.15, 0.2) is 0 Å². The smallest absolute Gasteiger partial charge is 0.145 e. The molecule has 92 valence electrons. The molecule has 4 nitrogen and oxygen atoms in total. The highest BCUT2D eigenvalue weighted by Crippen LogP contribution is 2.18. The largest absolute Gasteiger partial charge is 0.324 e. The fourth-order valence-electron chi connectivity index (χ4n) is 2.23. The summed E-state index contributed by atoms with van der Waals surface area (Å²) in [6, 6.07) is 13.9. The second kappa shape index (κ2) is 4.54. The van der Waals surface area contributed by atoms with E-state index >= 15 is 0 Å². The quantitative estimate of drug-likeness (QED) is 0.700. The van der Waals surface area contributed by atoms with E-state index in [-0.39, 0.29) is 0 Å². The van der Waals surface area contributed by atoms with Gasteiger partial charge in [0.25, 0.3) is 0 Å². The van der Waals surface area contributed by atoms with Gasteiger partial charge in [0.1, 0.15) is 17.6 Å². The van der Waals surface area contributed by atoms with Crippen LogP contribution in [0.2, 0.25) is 0 Å². The molecular formula is C15H12N4. The van der Waals surface area contributed by atoms with Gasteiger partial charge in [-0.2, -0.15) is 5.26 Å². The van der Waals surface area contributed by atoms with Gasteiger partial charge in [-0.25, -0.2) is 9.97 Å². The molecule has 0 radical (unpaired) electrons. The molecule has 1 aromatic carbocycles. The Labute approximate surface area is 111 Å². The molecule has 0 spiro atoms. The molecule has 0 bridgehead atoms. The van der Waals surface area contributed by atoms with Gasteiger partial charge < -0.3 is 4.57 Å². The number of nitrogens with zero attached hydrogens (tertiary/aromatic N) is 4. The average molecular weight is 248 g/mol. The number of rotatable bonds is 2. The number of aromatic nitrogens is 3. The molecule has 3 aromatic rings. The van der Waals surface area contributed by atoms with Crippen LogP contribution in [0.3, 0.4) is 0 Å². The summed E-state index contributed by atoms with van der Waals surface area (Å²) in [6.45, 7) is 2.59. The van der Waals surface area contributed by atoms with E-state index in [4.69, 9.17) is 5.26 Å². The zero-order chi connectivity index (χ0) is 13.2. The summed E-state index contributed by atoms with van der Waals surface area (Å²) in [5, 5.41) is 9.09. The van der Waals surface area contributed by atoms with E-state index in [9.17, 15) is 0 Å². The number of hydrogen-bond acceptors (Lipinski definition) is 3.